The lowest BCUT2D eigenvalue weighted by atomic mass is 10.2. The molecule has 3 aromatic rings. The van der Waals surface area contributed by atoms with Gasteiger partial charge in [0.15, 0.2) is 5.75 Å². The van der Waals surface area contributed by atoms with Crippen LogP contribution in [0.15, 0.2) is 88.9 Å². The van der Waals surface area contributed by atoms with E-state index in [0.717, 1.165) is 5.56 Å². The number of para-hydroxylation sites is 1. The van der Waals surface area contributed by atoms with Crippen LogP contribution in [0.3, 0.4) is 0 Å². The number of hydrazone groups is 1. The largest absolute Gasteiger partial charge is 0.378 e. The van der Waals surface area contributed by atoms with Gasteiger partial charge < -0.3 is 4.18 Å². The van der Waals surface area contributed by atoms with Gasteiger partial charge in [-0.05, 0) is 43.3 Å². The van der Waals surface area contributed by atoms with E-state index in [1.54, 1.807) is 54.6 Å². The maximum Gasteiger partial charge on any atom is 0.339 e. The van der Waals surface area contributed by atoms with Crippen LogP contribution in [0, 0.1) is 6.92 Å². The summed E-state index contributed by atoms with van der Waals surface area (Å²) >= 11 is 0. The van der Waals surface area contributed by atoms with Crippen molar-refractivity contribution in [3.8, 4) is 5.75 Å². The van der Waals surface area contributed by atoms with Gasteiger partial charge in [-0.3, -0.25) is 4.79 Å². The molecular weight excluding hydrogens is 376 g/mol. The highest BCUT2D eigenvalue weighted by Gasteiger charge is 2.17. The van der Waals surface area contributed by atoms with E-state index in [1.807, 2.05) is 13.0 Å². The Labute approximate surface area is 163 Å². The van der Waals surface area contributed by atoms with Crippen molar-refractivity contribution >= 4 is 22.2 Å². The summed E-state index contributed by atoms with van der Waals surface area (Å²) in [5.41, 5.74) is 4.22. The minimum Gasteiger partial charge on any atom is -0.378 e. The predicted octanol–water partition coefficient (Wildman–Crippen LogP) is 3.53. The van der Waals surface area contributed by atoms with Gasteiger partial charge in [0, 0.05) is 11.1 Å². The van der Waals surface area contributed by atoms with Crippen LogP contribution in [-0.4, -0.2) is 20.5 Å². The Bertz CT molecular complexity index is 1090. The normalized spacial score (nSPS) is 11.3. The Balaban J connectivity index is 1.76. The van der Waals surface area contributed by atoms with E-state index in [-0.39, 0.29) is 16.6 Å². The Morgan fingerprint density at radius 3 is 2.29 bits per heavy atom. The summed E-state index contributed by atoms with van der Waals surface area (Å²) in [5, 5.41) is 3.89. The van der Waals surface area contributed by atoms with Crippen LogP contribution < -0.4 is 9.61 Å². The Morgan fingerprint density at radius 2 is 1.57 bits per heavy atom. The first-order chi connectivity index (χ1) is 13.5. The maximum atomic E-state index is 12.5. The summed E-state index contributed by atoms with van der Waals surface area (Å²) < 4.78 is 30.3. The molecule has 3 rings (SSSR count). The lowest BCUT2D eigenvalue weighted by molar-refractivity contribution is 0.0955. The summed E-state index contributed by atoms with van der Waals surface area (Å²) in [6, 6.07) is 21.5. The van der Waals surface area contributed by atoms with Crippen molar-refractivity contribution in [1.82, 2.24) is 5.43 Å². The molecule has 142 valence electrons. The van der Waals surface area contributed by atoms with Crippen molar-refractivity contribution in [3.63, 3.8) is 0 Å². The lowest BCUT2D eigenvalue weighted by Crippen LogP contribution is -2.17. The molecule has 0 spiro atoms. The molecule has 3 aromatic carbocycles. The fraction of sp³-hybridized carbons (Fsp3) is 0.0476. The standard InChI is InChI=1S/C21H18N2O4S/c1-16-11-13-19(14-12-16)28(25,26)27-20-10-6-5-9-18(20)15-22-23-21(24)17-7-3-2-4-8-17/h2-15H,1H3,(H,23,24)/b22-15-. The average molecular weight is 394 g/mol. The third-order valence-electron chi connectivity index (χ3n) is 3.83. The molecular formula is C21H18N2O4S. The van der Waals surface area contributed by atoms with Crippen molar-refractivity contribution in [1.29, 1.82) is 0 Å². The molecule has 0 aliphatic carbocycles. The van der Waals surface area contributed by atoms with Gasteiger partial charge in [0.25, 0.3) is 5.91 Å². The molecule has 0 saturated carbocycles. The number of rotatable bonds is 6. The smallest absolute Gasteiger partial charge is 0.339 e. The average Bonchev–Trinajstić information content (AvgIpc) is 2.70. The second-order valence-electron chi connectivity index (χ2n) is 5.95. The van der Waals surface area contributed by atoms with Crippen LogP contribution in [0.2, 0.25) is 0 Å². The van der Waals surface area contributed by atoms with Gasteiger partial charge >= 0.3 is 10.1 Å². The van der Waals surface area contributed by atoms with Crippen molar-refractivity contribution in [2.45, 2.75) is 11.8 Å². The number of benzene rings is 3. The highest BCUT2D eigenvalue weighted by atomic mass is 32.2. The molecule has 6 nitrogen and oxygen atoms in total. The molecule has 7 heteroatoms. The quantitative estimate of drug-likeness (QED) is 0.394. The van der Waals surface area contributed by atoms with E-state index in [0.29, 0.717) is 11.1 Å². The molecule has 0 radical (unpaired) electrons. The zero-order valence-electron chi connectivity index (χ0n) is 15.1. The third kappa shape index (κ3) is 4.83. The number of hydrogen-bond donors (Lipinski definition) is 1. The van der Waals surface area contributed by atoms with E-state index in [1.165, 1.54) is 24.4 Å². The SMILES string of the molecule is Cc1ccc(S(=O)(=O)Oc2ccccc2/C=N\NC(=O)c2ccccc2)cc1. The summed E-state index contributed by atoms with van der Waals surface area (Å²) in [6.07, 6.45) is 1.33. The number of hydrogen-bond acceptors (Lipinski definition) is 5. The van der Waals surface area contributed by atoms with E-state index < -0.39 is 10.1 Å². The summed E-state index contributed by atoms with van der Waals surface area (Å²) in [4.78, 5) is 12.1. The fourth-order valence-electron chi connectivity index (χ4n) is 2.35. The van der Waals surface area contributed by atoms with Crippen molar-refractivity contribution in [2.75, 3.05) is 0 Å². The second kappa shape index (κ2) is 8.49. The van der Waals surface area contributed by atoms with Gasteiger partial charge in [0.2, 0.25) is 0 Å². The number of carbonyl (C=O) groups excluding carboxylic acids is 1. The van der Waals surface area contributed by atoms with Gasteiger partial charge in [-0.15, -0.1) is 0 Å². The highest BCUT2D eigenvalue weighted by molar-refractivity contribution is 7.87. The van der Waals surface area contributed by atoms with Crippen molar-refractivity contribution in [3.05, 3.63) is 95.6 Å². The fourth-order valence-corrected chi connectivity index (χ4v) is 3.30. The van der Waals surface area contributed by atoms with Crippen LogP contribution >= 0.6 is 0 Å². The maximum absolute atomic E-state index is 12.5. The Hall–Kier alpha value is -3.45. The van der Waals surface area contributed by atoms with Crippen molar-refractivity contribution in [2.24, 2.45) is 5.10 Å². The molecule has 0 saturated heterocycles. The molecule has 0 heterocycles. The minimum absolute atomic E-state index is 0.0576. The zero-order chi connectivity index (χ0) is 20.0. The molecule has 28 heavy (non-hydrogen) atoms. The van der Waals surface area contributed by atoms with Crippen LogP contribution in [0.4, 0.5) is 0 Å². The summed E-state index contributed by atoms with van der Waals surface area (Å²) in [5.74, 6) is -0.261. The molecule has 0 bridgehead atoms. The highest BCUT2D eigenvalue weighted by Crippen LogP contribution is 2.22. The molecule has 0 fully saturated rings. The summed E-state index contributed by atoms with van der Waals surface area (Å²) in [7, 11) is -3.99. The summed E-state index contributed by atoms with van der Waals surface area (Å²) in [6.45, 7) is 1.87. The molecule has 0 aromatic heterocycles. The van der Waals surface area contributed by atoms with Crippen LogP contribution in [0.25, 0.3) is 0 Å². The number of nitrogens with one attached hydrogen (secondary N) is 1. The third-order valence-corrected chi connectivity index (χ3v) is 5.08. The lowest BCUT2D eigenvalue weighted by Gasteiger charge is -2.09. The predicted molar refractivity (Wildman–Crippen MR) is 107 cm³/mol. The van der Waals surface area contributed by atoms with Crippen molar-refractivity contribution < 1.29 is 17.4 Å². The molecule has 1 N–H and O–H groups in total. The van der Waals surface area contributed by atoms with Gasteiger partial charge in [-0.1, -0.05) is 48.0 Å². The van der Waals surface area contributed by atoms with E-state index in [4.69, 9.17) is 4.18 Å². The molecule has 1 amide bonds. The Kier molecular flexibility index (Phi) is 5.86. The monoisotopic (exact) mass is 394 g/mol. The zero-order valence-corrected chi connectivity index (χ0v) is 15.9. The second-order valence-corrected chi connectivity index (χ2v) is 7.50. The number of aryl methyl sites for hydroxylation is 1. The number of nitrogens with zero attached hydrogens (tertiary/aromatic N) is 1. The number of carbonyl (C=O) groups is 1. The van der Waals surface area contributed by atoms with Gasteiger partial charge in [0.05, 0.1) is 6.21 Å². The Morgan fingerprint density at radius 1 is 0.929 bits per heavy atom. The van der Waals surface area contributed by atoms with Crippen LogP contribution in [0.5, 0.6) is 5.75 Å². The topological polar surface area (TPSA) is 84.8 Å². The first-order valence-corrected chi connectivity index (χ1v) is 9.85. The van der Waals surface area contributed by atoms with Gasteiger partial charge in [-0.25, -0.2) is 5.43 Å². The minimum atomic E-state index is -3.99. The number of amides is 1. The molecule has 0 aliphatic rings. The van der Waals surface area contributed by atoms with Crippen LogP contribution in [0.1, 0.15) is 21.5 Å². The first kappa shape index (κ1) is 19.3. The van der Waals surface area contributed by atoms with E-state index in [2.05, 4.69) is 10.5 Å². The van der Waals surface area contributed by atoms with Crippen LogP contribution in [-0.2, 0) is 10.1 Å². The van der Waals surface area contributed by atoms with Gasteiger partial charge in [0.1, 0.15) is 4.90 Å². The first-order valence-electron chi connectivity index (χ1n) is 8.44. The molecule has 0 atom stereocenters. The molecule has 0 unspecified atom stereocenters. The molecule has 0 aliphatic heterocycles. The van der Waals surface area contributed by atoms with E-state index >= 15 is 0 Å². The van der Waals surface area contributed by atoms with Gasteiger partial charge in [-0.2, -0.15) is 13.5 Å². The van der Waals surface area contributed by atoms with E-state index in [9.17, 15) is 13.2 Å².